The van der Waals surface area contributed by atoms with Gasteiger partial charge < -0.3 is 19.9 Å². The second-order valence-electron chi connectivity index (χ2n) is 5.98. The molecule has 1 aliphatic heterocycles. The molecule has 1 saturated heterocycles. The van der Waals surface area contributed by atoms with Crippen molar-refractivity contribution in [2.45, 2.75) is 20.0 Å². The molecule has 3 amide bonds. The standard InChI is InChI=1S/C18H25N3O4/c1-14(22)20-9-11-21(12-10-20)17(23)7-8-19-18(24)16-6-4-3-5-15(16)13-25-2/h3-6H,7-13H2,1-2H3,(H,19,24). The molecule has 136 valence electrons. The molecule has 1 N–H and O–H groups in total. The monoisotopic (exact) mass is 347 g/mol. The van der Waals surface area contributed by atoms with Gasteiger partial charge in [-0.3, -0.25) is 14.4 Å². The first kappa shape index (κ1) is 18.9. The summed E-state index contributed by atoms with van der Waals surface area (Å²) in [6, 6.07) is 7.24. The molecule has 2 rings (SSSR count). The van der Waals surface area contributed by atoms with Crippen LogP contribution in [0.25, 0.3) is 0 Å². The predicted octanol–water partition coefficient (Wildman–Crippen LogP) is 0.644. The average molecular weight is 347 g/mol. The summed E-state index contributed by atoms with van der Waals surface area (Å²) in [6.45, 7) is 4.41. The number of amides is 3. The number of carbonyl (C=O) groups excluding carboxylic acids is 3. The van der Waals surface area contributed by atoms with E-state index in [9.17, 15) is 14.4 Å². The number of hydrogen-bond donors (Lipinski definition) is 1. The summed E-state index contributed by atoms with van der Waals surface area (Å²) in [5.41, 5.74) is 1.38. The highest BCUT2D eigenvalue weighted by molar-refractivity contribution is 5.95. The molecule has 0 unspecified atom stereocenters. The number of piperazine rings is 1. The van der Waals surface area contributed by atoms with Gasteiger partial charge in [-0.05, 0) is 11.6 Å². The van der Waals surface area contributed by atoms with E-state index in [2.05, 4.69) is 5.32 Å². The van der Waals surface area contributed by atoms with Crippen molar-refractivity contribution >= 4 is 17.7 Å². The van der Waals surface area contributed by atoms with Gasteiger partial charge in [0.1, 0.15) is 0 Å². The lowest BCUT2D eigenvalue weighted by Gasteiger charge is -2.34. The smallest absolute Gasteiger partial charge is 0.251 e. The van der Waals surface area contributed by atoms with E-state index in [4.69, 9.17) is 4.74 Å². The van der Waals surface area contributed by atoms with Gasteiger partial charge in [-0.2, -0.15) is 0 Å². The summed E-state index contributed by atoms with van der Waals surface area (Å²) in [7, 11) is 1.58. The third-order valence-corrected chi connectivity index (χ3v) is 4.26. The van der Waals surface area contributed by atoms with Crippen LogP contribution in [-0.2, 0) is 20.9 Å². The number of carbonyl (C=O) groups is 3. The molecule has 7 heteroatoms. The zero-order valence-electron chi connectivity index (χ0n) is 14.8. The number of ether oxygens (including phenoxy) is 1. The minimum absolute atomic E-state index is 0.00585. The zero-order chi connectivity index (χ0) is 18.2. The molecule has 0 atom stereocenters. The predicted molar refractivity (Wildman–Crippen MR) is 92.9 cm³/mol. The zero-order valence-corrected chi connectivity index (χ0v) is 14.8. The number of hydrogen-bond acceptors (Lipinski definition) is 4. The second kappa shape index (κ2) is 9.17. The number of methoxy groups -OCH3 is 1. The van der Waals surface area contributed by atoms with E-state index in [-0.39, 0.29) is 30.7 Å². The van der Waals surface area contributed by atoms with Gasteiger partial charge in [0, 0.05) is 58.7 Å². The molecule has 1 heterocycles. The van der Waals surface area contributed by atoms with E-state index >= 15 is 0 Å². The Kier molecular flexibility index (Phi) is 6.94. The van der Waals surface area contributed by atoms with Crippen LogP contribution in [0.5, 0.6) is 0 Å². The molecule has 25 heavy (non-hydrogen) atoms. The van der Waals surface area contributed by atoms with Crippen molar-refractivity contribution in [3.63, 3.8) is 0 Å². The van der Waals surface area contributed by atoms with Gasteiger partial charge in [0.15, 0.2) is 0 Å². The lowest BCUT2D eigenvalue weighted by molar-refractivity contribution is -0.138. The molecule has 0 saturated carbocycles. The summed E-state index contributed by atoms with van der Waals surface area (Å²) in [5, 5.41) is 2.79. The fourth-order valence-electron chi connectivity index (χ4n) is 2.83. The molecular formula is C18H25N3O4. The summed E-state index contributed by atoms with van der Waals surface area (Å²) >= 11 is 0. The third kappa shape index (κ3) is 5.29. The van der Waals surface area contributed by atoms with Crippen LogP contribution in [0, 0.1) is 0 Å². The molecule has 0 aliphatic carbocycles. The minimum Gasteiger partial charge on any atom is -0.380 e. The van der Waals surface area contributed by atoms with Crippen LogP contribution in [0.2, 0.25) is 0 Å². The first-order valence-corrected chi connectivity index (χ1v) is 8.41. The van der Waals surface area contributed by atoms with E-state index in [1.165, 1.54) is 6.92 Å². The van der Waals surface area contributed by atoms with Gasteiger partial charge in [-0.25, -0.2) is 0 Å². The Morgan fingerprint density at radius 1 is 1.08 bits per heavy atom. The highest BCUT2D eigenvalue weighted by Gasteiger charge is 2.22. The van der Waals surface area contributed by atoms with Gasteiger partial charge in [0.25, 0.3) is 5.91 Å². The maximum absolute atomic E-state index is 12.3. The molecule has 1 aliphatic rings. The van der Waals surface area contributed by atoms with Crippen molar-refractivity contribution in [3.8, 4) is 0 Å². The van der Waals surface area contributed by atoms with Crippen molar-refractivity contribution in [2.24, 2.45) is 0 Å². The van der Waals surface area contributed by atoms with Crippen LogP contribution < -0.4 is 5.32 Å². The van der Waals surface area contributed by atoms with Crippen molar-refractivity contribution < 1.29 is 19.1 Å². The Hall–Kier alpha value is -2.41. The van der Waals surface area contributed by atoms with Gasteiger partial charge >= 0.3 is 0 Å². The van der Waals surface area contributed by atoms with E-state index in [1.54, 1.807) is 29.0 Å². The van der Waals surface area contributed by atoms with E-state index in [0.29, 0.717) is 38.3 Å². The first-order chi connectivity index (χ1) is 12.0. The van der Waals surface area contributed by atoms with Gasteiger partial charge in [0.05, 0.1) is 6.61 Å². The average Bonchev–Trinajstić information content (AvgIpc) is 2.62. The Morgan fingerprint density at radius 3 is 2.36 bits per heavy atom. The topological polar surface area (TPSA) is 79.0 Å². The maximum Gasteiger partial charge on any atom is 0.251 e. The normalized spacial score (nSPS) is 14.3. The van der Waals surface area contributed by atoms with Gasteiger partial charge in [0.2, 0.25) is 11.8 Å². The Bertz CT molecular complexity index is 625. The Balaban J connectivity index is 1.78. The molecule has 0 radical (unpaired) electrons. The van der Waals surface area contributed by atoms with Crippen LogP contribution in [0.1, 0.15) is 29.3 Å². The molecule has 0 bridgehead atoms. The lowest BCUT2D eigenvalue weighted by Crippen LogP contribution is -2.50. The summed E-state index contributed by atoms with van der Waals surface area (Å²) in [6.07, 6.45) is 0.248. The van der Waals surface area contributed by atoms with Crippen molar-refractivity contribution in [2.75, 3.05) is 39.8 Å². The SMILES string of the molecule is COCc1ccccc1C(=O)NCCC(=O)N1CCN(C(C)=O)CC1. The molecule has 0 spiro atoms. The molecular weight excluding hydrogens is 322 g/mol. The Labute approximate surface area is 147 Å². The summed E-state index contributed by atoms with van der Waals surface area (Å²) in [5.74, 6) is -0.176. The maximum atomic E-state index is 12.3. The van der Waals surface area contributed by atoms with E-state index < -0.39 is 0 Å². The van der Waals surface area contributed by atoms with Crippen molar-refractivity contribution in [1.82, 2.24) is 15.1 Å². The van der Waals surface area contributed by atoms with Crippen LogP contribution >= 0.6 is 0 Å². The fraction of sp³-hybridized carbons (Fsp3) is 0.500. The van der Waals surface area contributed by atoms with Gasteiger partial charge in [-0.1, -0.05) is 18.2 Å². The highest BCUT2D eigenvalue weighted by Crippen LogP contribution is 2.10. The fourth-order valence-corrected chi connectivity index (χ4v) is 2.83. The number of rotatable bonds is 6. The van der Waals surface area contributed by atoms with Crippen molar-refractivity contribution in [3.05, 3.63) is 35.4 Å². The Morgan fingerprint density at radius 2 is 1.72 bits per heavy atom. The number of benzene rings is 1. The lowest BCUT2D eigenvalue weighted by atomic mass is 10.1. The molecule has 7 nitrogen and oxygen atoms in total. The quantitative estimate of drug-likeness (QED) is 0.819. The van der Waals surface area contributed by atoms with Crippen LogP contribution in [-0.4, -0.2) is 67.4 Å². The number of nitrogens with zero attached hydrogens (tertiary/aromatic N) is 2. The highest BCUT2D eigenvalue weighted by atomic mass is 16.5. The van der Waals surface area contributed by atoms with E-state index in [0.717, 1.165) is 5.56 Å². The van der Waals surface area contributed by atoms with E-state index in [1.807, 2.05) is 12.1 Å². The summed E-state index contributed by atoms with van der Waals surface area (Å²) < 4.78 is 5.10. The minimum atomic E-state index is -0.207. The van der Waals surface area contributed by atoms with Gasteiger partial charge in [-0.15, -0.1) is 0 Å². The van der Waals surface area contributed by atoms with Crippen LogP contribution in [0.15, 0.2) is 24.3 Å². The van der Waals surface area contributed by atoms with Crippen molar-refractivity contribution in [1.29, 1.82) is 0 Å². The van der Waals surface area contributed by atoms with Crippen LogP contribution in [0.4, 0.5) is 0 Å². The second-order valence-corrected chi connectivity index (χ2v) is 5.98. The van der Waals surface area contributed by atoms with Crippen LogP contribution in [0.3, 0.4) is 0 Å². The largest absolute Gasteiger partial charge is 0.380 e. The molecule has 1 aromatic carbocycles. The summed E-state index contributed by atoms with van der Waals surface area (Å²) in [4.78, 5) is 39.3. The first-order valence-electron chi connectivity index (χ1n) is 8.41. The molecule has 1 aromatic rings. The molecule has 0 aromatic heterocycles. The number of nitrogens with one attached hydrogen (secondary N) is 1. The third-order valence-electron chi connectivity index (χ3n) is 4.26. The molecule has 1 fully saturated rings.